The molecule has 0 heterocycles. The molecule has 0 fully saturated rings. The molecule has 0 atom stereocenters. The molecule has 1 amide bonds. The predicted molar refractivity (Wildman–Crippen MR) is 95.1 cm³/mol. The second-order valence-corrected chi connectivity index (χ2v) is 5.53. The van der Waals surface area contributed by atoms with Crippen molar-refractivity contribution in [3.63, 3.8) is 0 Å². The second kappa shape index (κ2) is 7.64. The minimum absolute atomic E-state index is 0.305. The summed E-state index contributed by atoms with van der Waals surface area (Å²) in [6.45, 7) is 5.92. The number of hydrogen-bond donors (Lipinski definition) is 1. The zero-order valence-electron chi connectivity index (χ0n) is 14.6. The Labute approximate surface area is 142 Å². The van der Waals surface area contributed by atoms with Crippen LogP contribution in [0.4, 0.5) is 0 Å². The smallest absolute Gasteiger partial charge is 0.271 e. The highest BCUT2D eigenvalue weighted by Crippen LogP contribution is 2.27. The van der Waals surface area contributed by atoms with E-state index in [-0.39, 0.29) is 5.91 Å². The van der Waals surface area contributed by atoms with Crippen molar-refractivity contribution < 1.29 is 14.3 Å². The normalized spacial score (nSPS) is 11.1. The number of carbonyl (C=O) groups excluding carboxylic acids is 1. The summed E-state index contributed by atoms with van der Waals surface area (Å²) in [7, 11) is 3.08. The molecule has 2 rings (SSSR count). The lowest BCUT2D eigenvalue weighted by Crippen LogP contribution is -2.19. The van der Waals surface area contributed by atoms with E-state index in [0.717, 1.165) is 22.4 Å². The van der Waals surface area contributed by atoms with Crippen LogP contribution >= 0.6 is 0 Å². The molecule has 5 heteroatoms. The quantitative estimate of drug-likeness (QED) is 0.676. The van der Waals surface area contributed by atoms with Gasteiger partial charge in [-0.2, -0.15) is 5.10 Å². The number of nitrogens with one attached hydrogen (secondary N) is 1. The van der Waals surface area contributed by atoms with E-state index in [1.807, 2.05) is 32.9 Å². The van der Waals surface area contributed by atoms with Gasteiger partial charge in [-0.3, -0.25) is 4.79 Å². The fraction of sp³-hybridized carbons (Fsp3) is 0.263. The fourth-order valence-corrected chi connectivity index (χ4v) is 2.36. The minimum atomic E-state index is -0.305. The van der Waals surface area contributed by atoms with Crippen molar-refractivity contribution in [1.29, 1.82) is 0 Å². The Morgan fingerprint density at radius 3 is 2.38 bits per heavy atom. The van der Waals surface area contributed by atoms with Crippen LogP contribution in [0.3, 0.4) is 0 Å². The zero-order valence-corrected chi connectivity index (χ0v) is 14.6. The van der Waals surface area contributed by atoms with Crippen molar-refractivity contribution >= 4 is 11.6 Å². The Bertz CT molecular complexity index is 782. The predicted octanol–water partition coefficient (Wildman–Crippen LogP) is 3.47. The van der Waals surface area contributed by atoms with Gasteiger partial charge in [0.15, 0.2) is 11.5 Å². The van der Waals surface area contributed by atoms with Crippen LogP contribution in [0.1, 0.15) is 34.0 Å². The highest BCUT2D eigenvalue weighted by molar-refractivity contribution is 6.02. The Hall–Kier alpha value is -2.82. The number of carbonyl (C=O) groups is 1. The summed E-state index contributed by atoms with van der Waals surface area (Å²) in [5.41, 5.74) is 7.07. The van der Waals surface area contributed by atoms with E-state index in [2.05, 4.69) is 16.6 Å². The number of amides is 1. The van der Waals surface area contributed by atoms with Gasteiger partial charge in [0.25, 0.3) is 5.91 Å². The van der Waals surface area contributed by atoms with E-state index >= 15 is 0 Å². The zero-order chi connectivity index (χ0) is 17.7. The van der Waals surface area contributed by atoms with Gasteiger partial charge >= 0.3 is 0 Å². The Kier molecular flexibility index (Phi) is 5.58. The van der Waals surface area contributed by atoms with Crippen LogP contribution in [0.5, 0.6) is 11.5 Å². The summed E-state index contributed by atoms with van der Waals surface area (Å²) >= 11 is 0. The highest BCUT2D eigenvalue weighted by atomic mass is 16.5. The first-order valence-corrected chi connectivity index (χ1v) is 7.60. The molecule has 0 aliphatic heterocycles. The van der Waals surface area contributed by atoms with E-state index in [1.165, 1.54) is 7.11 Å². The number of methoxy groups -OCH3 is 2. The second-order valence-electron chi connectivity index (χ2n) is 5.53. The average Bonchev–Trinajstić information content (AvgIpc) is 2.60. The molecule has 0 saturated carbocycles. The maximum atomic E-state index is 12.3. The molecule has 1 N–H and O–H groups in total. The molecule has 0 unspecified atom stereocenters. The van der Waals surface area contributed by atoms with Crippen LogP contribution < -0.4 is 14.9 Å². The van der Waals surface area contributed by atoms with Gasteiger partial charge in [-0.25, -0.2) is 5.43 Å². The third kappa shape index (κ3) is 3.93. The molecule has 0 bridgehead atoms. The number of ether oxygens (including phenoxy) is 2. The van der Waals surface area contributed by atoms with Gasteiger partial charge in [-0.1, -0.05) is 17.7 Å². The molecule has 0 aliphatic rings. The number of rotatable bonds is 5. The molecule has 24 heavy (non-hydrogen) atoms. The van der Waals surface area contributed by atoms with Crippen LogP contribution in [-0.2, 0) is 0 Å². The minimum Gasteiger partial charge on any atom is -0.493 e. The van der Waals surface area contributed by atoms with Crippen molar-refractivity contribution in [3.8, 4) is 11.5 Å². The average molecular weight is 326 g/mol. The highest BCUT2D eigenvalue weighted by Gasteiger charge is 2.11. The van der Waals surface area contributed by atoms with Gasteiger partial charge in [-0.05, 0) is 50.6 Å². The summed E-state index contributed by atoms with van der Waals surface area (Å²) in [6.07, 6.45) is 0. The van der Waals surface area contributed by atoms with E-state index in [9.17, 15) is 4.79 Å². The summed E-state index contributed by atoms with van der Waals surface area (Å²) in [5, 5.41) is 4.22. The molecule has 0 saturated heterocycles. The van der Waals surface area contributed by atoms with Crippen LogP contribution in [0.2, 0.25) is 0 Å². The first-order chi connectivity index (χ1) is 11.5. The molecule has 0 aliphatic carbocycles. The van der Waals surface area contributed by atoms with E-state index in [0.29, 0.717) is 17.1 Å². The van der Waals surface area contributed by atoms with Crippen molar-refractivity contribution in [2.75, 3.05) is 14.2 Å². The van der Waals surface area contributed by atoms with Gasteiger partial charge in [-0.15, -0.1) is 0 Å². The van der Waals surface area contributed by atoms with Crippen molar-refractivity contribution in [2.45, 2.75) is 20.8 Å². The first kappa shape index (κ1) is 17.5. The van der Waals surface area contributed by atoms with Gasteiger partial charge in [0.05, 0.1) is 19.9 Å². The molecule has 2 aromatic rings. The molecule has 0 spiro atoms. The molecule has 2 aromatic carbocycles. The summed E-state index contributed by atoms with van der Waals surface area (Å²) in [5.74, 6) is 0.769. The standard InChI is InChI=1S/C19H22N2O3/c1-12-6-7-13(2)16(10-12)14(3)20-21-19(22)15-8-9-17(23-4)18(11-15)24-5/h6-11H,1-5H3,(H,21,22)/b20-14-. The maximum Gasteiger partial charge on any atom is 0.271 e. The summed E-state index contributed by atoms with van der Waals surface area (Å²) in [6, 6.07) is 11.1. The van der Waals surface area contributed by atoms with Crippen LogP contribution in [-0.4, -0.2) is 25.8 Å². The lowest BCUT2D eigenvalue weighted by molar-refractivity contribution is 0.0954. The van der Waals surface area contributed by atoms with Gasteiger partial charge in [0, 0.05) is 11.1 Å². The first-order valence-electron chi connectivity index (χ1n) is 7.60. The third-order valence-corrected chi connectivity index (χ3v) is 3.75. The molecule has 0 radical (unpaired) electrons. The van der Waals surface area contributed by atoms with Crippen LogP contribution in [0.15, 0.2) is 41.5 Å². The lowest BCUT2D eigenvalue weighted by Gasteiger charge is -2.09. The summed E-state index contributed by atoms with van der Waals surface area (Å²) < 4.78 is 10.4. The molecule has 126 valence electrons. The number of aryl methyl sites for hydroxylation is 2. The van der Waals surface area contributed by atoms with Gasteiger partial charge < -0.3 is 9.47 Å². The summed E-state index contributed by atoms with van der Waals surface area (Å²) in [4.78, 5) is 12.3. The van der Waals surface area contributed by atoms with E-state index in [4.69, 9.17) is 9.47 Å². The van der Waals surface area contributed by atoms with Crippen LogP contribution in [0, 0.1) is 13.8 Å². The molecule has 5 nitrogen and oxygen atoms in total. The number of hydrazone groups is 1. The molecular formula is C19H22N2O3. The lowest BCUT2D eigenvalue weighted by atomic mass is 10.0. The van der Waals surface area contributed by atoms with Gasteiger partial charge in [0.2, 0.25) is 0 Å². The van der Waals surface area contributed by atoms with E-state index < -0.39 is 0 Å². The monoisotopic (exact) mass is 326 g/mol. The molecule has 0 aromatic heterocycles. The van der Waals surface area contributed by atoms with Crippen molar-refractivity contribution in [1.82, 2.24) is 5.43 Å². The molecular weight excluding hydrogens is 304 g/mol. The fourth-order valence-electron chi connectivity index (χ4n) is 2.36. The van der Waals surface area contributed by atoms with E-state index in [1.54, 1.807) is 25.3 Å². The Balaban J connectivity index is 2.19. The van der Waals surface area contributed by atoms with Crippen molar-refractivity contribution in [3.05, 3.63) is 58.7 Å². The topological polar surface area (TPSA) is 59.9 Å². The van der Waals surface area contributed by atoms with Crippen molar-refractivity contribution in [2.24, 2.45) is 5.10 Å². The third-order valence-electron chi connectivity index (χ3n) is 3.75. The number of nitrogens with zero attached hydrogens (tertiary/aromatic N) is 1. The number of hydrogen-bond acceptors (Lipinski definition) is 4. The Morgan fingerprint density at radius 2 is 1.71 bits per heavy atom. The van der Waals surface area contributed by atoms with Gasteiger partial charge in [0.1, 0.15) is 0 Å². The largest absolute Gasteiger partial charge is 0.493 e. The maximum absolute atomic E-state index is 12.3. The SMILES string of the molecule is COc1ccc(C(=O)N/N=C(/C)c2cc(C)ccc2C)cc1OC. The van der Waals surface area contributed by atoms with Crippen LogP contribution in [0.25, 0.3) is 0 Å². The number of benzene rings is 2. The Morgan fingerprint density at radius 1 is 1.00 bits per heavy atom.